The van der Waals surface area contributed by atoms with E-state index in [2.05, 4.69) is 36.8 Å². The average Bonchev–Trinajstić information content (AvgIpc) is 3.73. The van der Waals surface area contributed by atoms with E-state index in [4.69, 9.17) is 39.7 Å². The van der Waals surface area contributed by atoms with Gasteiger partial charge in [0.05, 0.1) is 36.6 Å². The maximum absolute atomic E-state index is 14.2. The zero-order chi connectivity index (χ0) is 46.2. The van der Waals surface area contributed by atoms with Crippen molar-refractivity contribution in [3.05, 3.63) is 126 Å². The Hall–Kier alpha value is -6.85. The van der Waals surface area contributed by atoms with Gasteiger partial charge in [0, 0.05) is 62.0 Å². The van der Waals surface area contributed by atoms with Gasteiger partial charge in [0.25, 0.3) is 0 Å². The number of piperazine rings is 1. The summed E-state index contributed by atoms with van der Waals surface area (Å²) in [5.74, 6) is 0.836. The van der Waals surface area contributed by atoms with Crippen molar-refractivity contribution in [2.75, 3.05) is 60.1 Å². The number of likely N-dealkylation sites (N-methyl/N-ethyl adjacent to an activating group) is 1. The molecule has 4 heterocycles. The fourth-order valence-electron chi connectivity index (χ4n) is 7.65. The molecule has 0 amide bonds. The molecular weight excluding hydrogens is 871 g/mol. The predicted molar refractivity (Wildman–Crippen MR) is 244 cm³/mol. The van der Waals surface area contributed by atoms with E-state index in [1.54, 1.807) is 62.7 Å². The molecule has 0 bridgehead atoms. The molecule has 1 saturated heterocycles. The third kappa shape index (κ3) is 10.6. The Bertz CT molecular complexity index is 2790. The molecule has 0 spiro atoms. The molecule has 0 saturated carbocycles. The molecular formula is C49H48ClFN6O9. The van der Waals surface area contributed by atoms with Crippen molar-refractivity contribution in [2.24, 2.45) is 0 Å². The number of aromatic nitrogens is 4. The van der Waals surface area contributed by atoms with Gasteiger partial charge in [0.1, 0.15) is 59.0 Å². The van der Waals surface area contributed by atoms with Gasteiger partial charge in [0.15, 0.2) is 5.82 Å². The first-order valence-electron chi connectivity index (χ1n) is 21.4. The molecule has 0 aliphatic carbocycles. The molecule has 1 aliphatic rings. The summed E-state index contributed by atoms with van der Waals surface area (Å²) >= 11 is 6.94. The molecule has 2 atom stereocenters. The lowest BCUT2D eigenvalue weighted by molar-refractivity contribution is -0.151. The van der Waals surface area contributed by atoms with Crippen LogP contribution in [0.15, 0.2) is 108 Å². The highest BCUT2D eigenvalue weighted by atomic mass is 35.5. The minimum atomic E-state index is -1.32. The Morgan fingerprint density at radius 2 is 1.68 bits per heavy atom. The summed E-state index contributed by atoms with van der Waals surface area (Å²) in [6, 6.07) is 24.6. The monoisotopic (exact) mass is 918 g/mol. The average molecular weight is 919 g/mol. The summed E-state index contributed by atoms with van der Waals surface area (Å²) in [6.07, 6.45) is 0.889. The van der Waals surface area contributed by atoms with Crippen molar-refractivity contribution in [2.45, 2.75) is 32.2 Å². The van der Waals surface area contributed by atoms with Crippen molar-refractivity contribution in [3.8, 4) is 62.7 Å². The third-order valence-electron chi connectivity index (χ3n) is 11.0. The highest BCUT2D eigenvalue weighted by molar-refractivity contribution is 6.32. The van der Waals surface area contributed by atoms with Gasteiger partial charge in [-0.15, -0.1) is 0 Å². The fraction of sp³-hybridized carbons (Fsp3) is 0.286. The minimum Gasteiger partial charge on any atom is -0.508 e. The van der Waals surface area contributed by atoms with Gasteiger partial charge in [-0.2, -0.15) is 0 Å². The Balaban J connectivity index is 1.11. The van der Waals surface area contributed by atoms with Crippen LogP contribution in [-0.4, -0.2) is 118 Å². The summed E-state index contributed by atoms with van der Waals surface area (Å²) < 4.78 is 50.7. The molecule has 15 nitrogen and oxygen atoms in total. The first-order chi connectivity index (χ1) is 32.1. The van der Waals surface area contributed by atoms with E-state index >= 15 is 0 Å². The van der Waals surface area contributed by atoms with Crippen LogP contribution in [-0.2, 0) is 22.6 Å². The number of aromatic hydroxyl groups is 1. The van der Waals surface area contributed by atoms with Crippen LogP contribution in [0.25, 0.3) is 44.9 Å². The number of hydrogen-bond donors (Lipinski definition) is 2. The number of phenols is 1. The van der Waals surface area contributed by atoms with Crippen LogP contribution in [0.5, 0.6) is 28.9 Å². The molecule has 0 unspecified atom stereocenters. The first-order valence-corrected chi connectivity index (χ1v) is 21.7. The standard InChI is InChI=1S/C49H48ClFN6O9/c1-4-62-49(60)42(25-32-23-35(59)14-16-39(32)63-28-34-17-18-52-46(55-34)37-7-5-6-8-40(37)61-3)65-47-44-43(45(66-48(44)54-29-53-47)30-9-12-33(51)13-10-30)31-11-15-41(38(50)24-31)64-36(27-58)26-57-21-19-56(2)20-22-57/h5-18,23-24,29,36,42,58-59H,4,19-22,25-28H2,1-3H3/t36-,42+/m0/s1. The number of nitrogens with zero attached hydrogens (tertiary/aromatic N) is 6. The van der Waals surface area contributed by atoms with Gasteiger partial charge in [-0.1, -0.05) is 29.8 Å². The van der Waals surface area contributed by atoms with Crippen LogP contribution in [0.1, 0.15) is 18.2 Å². The van der Waals surface area contributed by atoms with Crippen molar-refractivity contribution < 1.29 is 47.5 Å². The number of rotatable bonds is 18. The maximum atomic E-state index is 14.2. The summed E-state index contributed by atoms with van der Waals surface area (Å²) in [7, 11) is 3.66. The molecule has 1 aliphatic heterocycles. The normalized spacial score (nSPS) is 14.2. The number of hydrogen-bond acceptors (Lipinski definition) is 15. The molecule has 0 radical (unpaired) electrons. The van der Waals surface area contributed by atoms with Crippen LogP contribution in [0.4, 0.5) is 4.39 Å². The van der Waals surface area contributed by atoms with Gasteiger partial charge in [0.2, 0.25) is 17.7 Å². The van der Waals surface area contributed by atoms with E-state index in [9.17, 15) is 19.4 Å². The van der Waals surface area contributed by atoms with E-state index in [1.165, 1.54) is 30.6 Å². The number of phenolic OH excluding ortho intramolecular Hbond substituents is 1. The number of ether oxygens (including phenoxy) is 5. The Morgan fingerprint density at radius 1 is 0.909 bits per heavy atom. The second kappa shape index (κ2) is 21.0. The van der Waals surface area contributed by atoms with E-state index in [0.717, 1.165) is 26.2 Å². The zero-order valence-corrected chi connectivity index (χ0v) is 37.3. The summed E-state index contributed by atoms with van der Waals surface area (Å²) in [5, 5.41) is 21.5. The van der Waals surface area contributed by atoms with E-state index < -0.39 is 24.0 Å². The Morgan fingerprint density at radius 3 is 2.44 bits per heavy atom. The van der Waals surface area contributed by atoms with Crippen LogP contribution in [0, 0.1) is 5.82 Å². The van der Waals surface area contributed by atoms with Gasteiger partial charge < -0.3 is 43.2 Å². The minimum absolute atomic E-state index is 0.0216. The number of methoxy groups -OCH3 is 1. The van der Waals surface area contributed by atoms with Crippen molar-refractivity contribution in [1.29, 1.82) is 0 Å². The molecule has 17 heteroatoms. The van der Waals surface area contributed by atoms with Crippen LogP contribution < -0.4 is 18.9 Å². The maximum Gasteiger partial charge on any atom is 0.347 e. The lowest BCUT2D eigenvalue weighted by atomic mass is 9.99. The van der Waals surface area contributed by atoms with Gasteiger partial charge >= 0.3 is 5.97 Å². The van der Waals surface area contributed by atoms with E-state index in [0.29, 0.717) is 74.3 Å². The van der Waals surface area contributed by atoms with Gasteiger partial charge in [-0.25, -0.2) is 29.1 Å². The van der Waals surface area contributed by atoms with Gasteiger partial charge in [-0.05, 0) is 92.3 Å². The van der Waals surface area contributed by atoms with E-state index in [1.807, 2.05) is 24.3 Å². The largest absolute Gasteiger partial charge is 0.508 e. The molecule has 66 heavy (non-hydrogen) atoms. The highest BCUT2D eigenvalue weighted by Gasteiger charge is 2.30. The number of carbonyl (C=O) groups is 1. The van der Waals surface area contributed by atoms with Crippen LogP contribution >= 0.6 is 11.6 Å². The predicted octanol–water partition coefficient (Wildman–Crippen LogP) is 7.64. The number of furan rings is 1. The van der Waals surface area contributed by atoms with Crippen LogP contribution in [0.2, 0.25) is 5.02 Å². The molecule has 4 aromatic carbocycles. The topological polar surface area (TPSA) is 175 Å². The Kier molecular flexibility index (Phi) is 14.5. The Labute approximate surface area is 385 Å². The molecule has 3 aromatic heterocycles. The van der Waals surface area contributed by atoms with Gasteiger partial charge in [-0.3, -0.25) is 4.90 Å². The third-order valence-corrected chi connectivity index (χ3v) is 11.3. The first kappa shape index (κ1) is 45.7. The molecule has 8 rings (SSSR count). The highest BCUT2D eigenvalue weighted by Crippen LogP contribution is 2.45. The molecule has 1 fully saturated rings. The number of fused-ring (bicyclic) bond motifs is 1. The van der Waals surface area contributed by atoms with Crippen molar-refractivity contribution >= 4 is 28.7 Å². The summed E-state index contributed by atoms with van der Waals surface area (Å²) in [5.41, 5.74) is 3.31. The lowest BCUT2D eigenvalue weighted by Crippen LogP contribution is -2.48. The smallest absolute Gasteiger partial charge is 0.347 e. The second-order valence-corrected chi connectivity index (χ2v) is 16.0. The van der Waals surface area contributed by atoms with Crippen molar-refractivity contribution in [1.82, 2.24) is 29.7 Å². The lowest BCUT2D eigenvalue weighted by Gasteiger charge is -2.34. The van der Waals surface area contributed by atoms with E-state index in [-0.39, 0.29) is 48.6 Å². The summed E-state index contributed by atoms with van der Waals surface area (Å²) in [4.78, 5) is 36.3. The van der Waals surface area contributed by atoms with Crippen LogP contribution in [0.3, 0.4) is 0 Å². The SMILES string of the molecule is CCOC(=O)[C@@H](Cc1cc(O)ccc1OCc1ccnc(-c2ccccc2OC)n1)Oc1ncnc2oc(-c3ccc(F)cc3)c(-c3ccc(O[C@H](CO)CN4CCN(C)CC4)c(Cl)c3)c12. The number of para-hydroxylation sites is 1. The summed E-state index contributed by atoms with van der Waals surface area (Å²) in [6.45, 7) is 5.60. The molecule has 7 aromatic rings. The quantitative estimate of drug-likeness (QED) is 0.0803. The van der Waals surface area contributed by atoms with Crippen molar-refractivity contribution in [3.63, 3.8) is 0 Å². The molecule has 2 N–H and O–H groups in total. The second-order valence-electron chi connectivity index (χ2n) is 15.6. The number of aliphatic hydroxyl groups excluding tert-OH is 1. The number of aliphatic hydroxyl groups is 1. The number of esters is 1. The number of benzene rings is 4. The number of carbonyl (C=O) groups excluding carboxylic acids is 1. The fourth-order valence-corrected chi connectivity index (χ4v) is 7.88. The number of halogens is 2. The molecule has 342 valence electrons. The zero-order valence-electron chi connectivity index (χ0n) is 36.5.